The number of carbonyl (C=O) groups excluding carboxylic acids is 1. The molecule has 4 heteroatoms. The van der Waals surface area contributed by atoms with Crippen LogP contribution in [-0.4, -0.2) is 37.1 Å². The molecule has 0 amide bonds. The molecular weight excluding hydrogens is 312 g/mol. The minimum Gasteiger partial charge on any atom is -0.466 e. The van der Waals surface area contributed by atoms with Crippen molar-refractivity contribution in [1.82, 2.24) is 4.90 Å². The van der Waals surface area contributed by atoms with Crippen LogP contribution < -0.4 is 5.32 Å². The maximum Gasteiger partial charge on any atom is 0.335 e. The third-order valence-corrected chi connectivity index (χ3v) is 7.41. The molecule has 0 bridgehead atoms. The van der Waals surface area contributed by atoms with E-state index in [1.807, 2.05) is 0 Å². The molecule has 132 valence electrons. The molecule has 3 aliphatic heterocycles. The lowest BCUT2D eigenvalue weighted by atomic mass is 9.53. The number of anilines is 1. The van der Waals surface area contributed by atoms with Crippen molar-refractivity contribution in [1.29, 1.82) is 0 Å². The van der Waals surface area contributed by atoms with E-state index in [2.05, 4.69) is 41.4 Å². The van der Waals surface area contributed by atoms with Crippen molar-refractivity contribution in [3.8, 4) is 0 Å². The lowest BCUT2D eigenvalue weighted by Gasteiger charge is -2.56. The molecule has 1 aromatic rings. The predicted molar refractivity (Wildman–Crippen MR) is 97.3 cm³/mol. The minimum atomic E-state index is -0.148. The third-order valence-electron chi connectivity index (χ3n) is 7.41. The highest BCUT2D eigenvalue weighted by molar-refractivity contribution is 5.93. The van der Waals surface area contributed by atoms with E-state index >= 15 is 0 Å². The molecule has 3 atom stereocenters. The van der Waals surface area contributed by atoms with Crippen LogP contribution in [0.25, 0.3) is 0 Å². The maximum absolute atomic E-state index is 12.7. The standard InChI is InChI=1S/C21H26N2O2/c1-3-20-9-6-11-23-12-10-21(19(20)23)15-7-4-5-8-16(15)22-17(21)14(13-20)18(24)25-2/h4-5,7-8,19,22H,3,6,9-13H2,1-2H3/t19-,20+,21-/m0/s1. The number of fused-ring (bicyclic) bond motifs is 1. The van der Waals surface area contributed by atoms with Crippen molar-refractivity contribution >= 4 is 11.7 Å². The fraction of sp³-hybridized carbons (Fsp3) is 0.571. The fourth-order valence-corrected chi connectivity index (χ4v) is 6.49. The first-order valence-electron chi connectivity index (χ1n) is 9.59. The van der Waals surface area contributed by atoms with Crippen molar-refractivity contribution in [2.24, 2.45) is 5.41 Å². The number of piperidine rings is 1. The van der Waals surface area contributed by atoms with Gasteiger partial charge in [-0.3, -0.25) is 4.90 Å². The number of benzene rings is 1. The first-order valence-corrected chi connectivity index (χ1v) is 9.59. The van der Waals surface area contributed by atoms with Gasteiger partial charge in [0.05, 0.1) is 18.1 Å². The van der Waals surface area contributed by atoms with Gasteiger partial charge in [0.25, 0.3) is 0 Å². The average molecular weight is 338 g/mol. The molecule has 0 radical (unpaired) electrons. The Hall–Kier alpha value is -1.81. The molecule has 0 aromatic heterocycles. The Morgan fingerprint density at radius 3 is 2.96 bits per heavy atom. The highest BCUT2D eigenvalue weighted by Crippen LogP contribution is 2.65. The van der Waals surface area contributed by atoms with Crippen LogP contribution in [0.4, 0.5) is 5.69 Å². The summed E-state index contributed by atoms with van der Waals surface area (Å²) in [6.07, 6.45) is 5.50. The zero-order chi connectivity index (χ0) is 17.2. The van der Waals surface area contributed by atoms with E-state index in [4.69, 9.17) is 4.74 Å². The quantitative estimate of drug-likeness (QED) is 0.839. The van der Waals surface area contributed by atoms with E-state index in [-0.39, 0.29) is 16.8 Å². The summed E-state index contributed by atoms with van der Waals surface area (Å²) in [5.74, 6) is -0.148. The number of nitrogens with one attached hydrogen (secondary N) is 1. The van der Waals surface area contributed by atoms with Crippen LogP contribution in [-0.2, 0) is 14.9 Å². The summed E-state index contributed by atoms with van der Waals surface area (Å²) in [6, 6.07) is 9.15. The number of rotatable bonds is 2. The molecule has 3 heterocycles. The molecule has 25 heavy (non-hydrogen) atoms. The van der Waals surface area contributed by atoms with Gasteiger partial charge in [0.15, 0.2) is 0 Å². The number of para-hydroxylation sites is 1. The van der Waals surface area contributed by atoms with Gasteiger partial charge >= 0.3 is 5.97 Å². The Kier molecular flexibility index (Phi) is 3.15. The van der Waals surface area contributed by atoms with Gasteiger partial charge in [-0.2, -0.15) is 0 Å². The SMILES string of the molecule is CC[C@@]12CCCN3CC[C@]4(C(=C(C(=O)OC)C1)Nc1ccccc14)[C@@H]32. The Labute approximate surface area is 149 Å². The normalized spacial score (nSPS) is 35.7. The van der Waals surface area contributed by atoms with Crippen molar-refractivity contribution < 1.29 is 9.53 Å². The summed E-state index contributed by atoms with van der Waals surface area (Å²) in [7, 11) is 1.51. The zero-order valence-electron chi connectivity index (χ0n) is 15.1. The molecule has 2 fully saturated rings. The smallest absolute Gasteiger partial charge is 0.335 e. The fourth-order valence-electron chi connectivity index (χ4n) is 6.49. The van der Waals surface area contributed by atoms with Gasteiger partial charge in [-0.15, -0.1) is 0 Å². The van der Waals surface area contributed by atoms with E-state index in [1.54, 1.807) is 0 Å². The average Bonchev–Trinajstić information content (AvgIpc) is 3.21. The topological polar surface area (TPSA) is 41.6 Å². The molecular formula is C21H26N2O2. The largest absolute Gasteiger partial charge is 0.466 e. The number of hydrogen-bond acceptors (Lipinski definition) is 4. The molecule has 4 aliphatic rings. The first-order chi connectivity index (χ1) is 12.2. The minimum absolute atomic E-state index is 0.0607. The Morgan fingerprint density at radius 1 is 1.32 bits per heavy atom. The van der Waals surface area contributed by atoms with E-state index in [0.717, 1.165) is 37.1 Å². The van der Waals surface area contributed by atoms with Crippen LogP contribution in [0.15, 0.2) is 35.5 Å². The van der Waals surface area contributed by atoms with Gasteiger partial charge in [-0.05, 0) is 62.2 Å². The van der Waals surface area contributed by atoms with E-state index < -0.39 is 0 Å². The number of esters is 1. The third kappa shape index (κ3) is 1.74. The van der Waals surface area contributed by atoms with Crippen LogP contribution in [0, 0.1) is 5.41 Å². The van der Waals surface area contributed by atoms with Gasteiger partial charge < -0.3 is 10.1 Å². The van der Waals surface area contributed by atoms with Gasteiger partial charge in [0, 0.05) is 17.4 Å². The molecule has 1 aliphatic carbocycles. The summed E-state index contributed by atoms with van der Waals surface area (Å²) in [4.78, 5) is 15.4. The Balaban J connectivity index is 1.81. The Morgan fingerprint density at radius 2 is 2.16 bits per heavy atom. The summed E-state index contributed by atoms with van der Waals surface area (Å²) >= 11 is 0. The Bertz CT molecular complexity index is 786. The number of methoxy groups -OCH3 is 1. The molecule has 2 saturated heterocycles. The molecule has 1 aromatic carbocycles. The highest BCUT2D eigenvalue weighted by atomic mass is 16.5. The molecule has 1 N–H and O–H groups in total. The second kappa shape index (κ2) is 5.10. The number of ether oxygens (including phenoxy) is 1. The number of carbonyl (C=O) groups is 1. The van der Waals surface area contributed by atoms with E-state index in [9.17, 15) is 4.79 Å². The summed E-state index contributed by atoms with van der Waals surface area (Å²) in [6.45, 7) is 4.63. The van der Waals surface area contributed by atoms with Gasteiger partial charge in [-0.1, -0.05) is 25.1 Å². The second-order valence-corrected chi connectivity index (χ2v) is 8.17. The van der Waals surface area contributed by atoms with Gasteiger partial charge in [-0.25, -0.2) is 4.79 Å². The maximum atomic E-state index is 12.7. The monoisotopic (exact) mass is 338 g/mol. The zero-order valence-corrected chi connectivity index (χ0v) is 15.1. The van der Waals surface area contributed by atoms with Gasteiger partial charge in [0.2, 0.25) is 0 Å². The molecule has 0 saturated carbocycles. The van der Waals surface area contributed by atoms with Gasteiger partial charge in [0.1, 0.15) is 0 Å². The number of hydrogen-bond donors (Lipinski definition) is 1. The van der Waals surface area contributed by atoms with Crippen molar-refractivity contribution in [3.05, 3.63) is 41.1 Å². The molecule has 0 unspecified atom stereocenters. The number of nitrogens with zero attached hydrogens (tertiary/aromatic N) is 1. The first kappa shape index (κ1) is 15.4. The summed E-state index contributed by atoms with van der Waals surface area (Å²) in [5, 5.41) is 3.65. The van der Waals surface area contributed by atoms with Crippen LogP contribution >= 0.6 is 0 Å². The van der Waals surface area contributed by atoms with Crippen molar-refractivity contribution in [3.63, 3.8) is 0 Å². The highest BCUT2D eigenvalue weighted by Gasteiger charge is 2.65. The predicted octanol–water partition coefficient (Wildman–Crippen LogP) is 3.45. The van der Waals surface area contributed by atoms with Crippen LogP contribution in [0.3, 0.4) is 0 Å². The summed E-state index contributed by atoms with van der Waals surface area (Å²) in [5.41, 5.74) is 4.71. The van der Waals surface area contributed by atoms with Crippen LogP contribution in [0.2, 0.25) is 0 Å². The molecule has 1 spiro atoms. The van der Waals surface area contributed by atoms with Crippen LogP contribution in [0.1, 0.15) is 44.6 Å². The van der Waals surface area contributed by atoms with E-state index in [0.29, 0.717) is 6.04 Å². The summed E-state index contributed by atoms with van der Waals surface area (Å²) < 4.78 is 5.22. The molecule has 4 nitrogen and oxygen atoms in total. The molecule has 5 rings (SSSR count). The van der Waals surface area contributed by atoms with Crippen molar-refractivity contribution in [2.75, 3.05) is 25.5 Å². The lowest BCUT2D eigenvalue weighted by molar-refractivity contribution is -0.137. The second-order valence-electron chi connectivity index (χ2n) is 8.17. The van der Waals surface area contributed by atoms with Crippen molar-refractivity contribution in [2.45, 2.75) is 50.5 Å². The lowest BCUT2D eigenvalue weighted by Crippen LogP contribution is -2.59. The van der Waals surface area contributed by atoms with Crippen LogP contribution in [0.5, 0.6) is 0 Å². The van der Waals surface area contributed by atoms with E-state index in [1.165, 1.54) is 37.7 Å².